The normalized spacial score (nSPS) is 13.8. The number of amides is 2. The molecule has 0 unspecified atom stereocenters. The fourth-order valence-corrected chi connectivity index (χ4v) is 2.80. The lowest BCUT2D eigenvalue weighted by Crippen LogP contribution is -2.16. The second kappa shape index (κ2) is 5.69. The zero-order chi connectivity index (χ0) is 14.8. The summed E-state index contributed by atoms with van der Waals surface area (Å²) in [6.07, 6.45) is 1.90. The summed E-state index contributed by atoms with van der Waals surface area (Å²) in [6, 6.07) is 7.72. The second-order valence-corrected chi connectivity index (χ2v) is 6.00. The van der Waals surface area contributed by atoms with Gasteiger partial charge in [-0.3, -0.25) is 9.59 Å². The molecule has 5 heteroatoms. The van der Waals surface area contributed by atoms with E-state index in [0.717, 1.165) is 24.0 Å². The Hall–Kier alpha value is -2.14. The maximum absolute atomic E-state index is 12.0. The number of carbonyl (C=O) groups is 2. The summed E-state index contributed by atoms with van der Waals surface area (Å²) in [5, 5.41) is 9.76. The van der Waals surface area contributed by atoms with E-state index in [1.807, 2.05) is 29.6 Å². The summed E-state index contributed by atoms with van der Waals surface area (Å²) >= 11 is 1.63. The van der Waals surface area contributed by atoms with Gasteiger partial charge in [0.1, 0.15) is 0 Å². The van der Waals surface area contributed by atoms with E-state index in [-0.39, 0.29) is 17.7 Å². The Labute approximate surface area is 127 Å². The van der Waals surface area contributed by atoms with Crippen molar-refractivity contribution in [3.05, 3.63) is 35.0 Å². The van der Waals surface area contributed by atoms with Gasteiger partial charge in [-0.25, -0.2) is 0 Å². The van der Waals surface area contributed by atoms with Crippen LogP contribution in [-0.4, -0.2) is 11.8 Å². The predicted octanol–water partition coefficient (Wildman–Crippen LogP) is 3.72. The van der Waals surface area contributed by atoms with Crippen molar-refractivity contribution in [3.8, 4) is 11.1 Å². The van der Waals surface area contributed by atoms with E-state index in [2.05, 4.69) is 16.0 Å². The molecule has 1 heterocycles. The average molecular weight is 300 g/mol. The van der Waals surface area contributed by atoms with Crippen LogP contribution in [0.4, 0.5) is 11.4 Å². The molecule has 108 valence electrons. The molecular formula is C16H16N2O2S. The van der Waals surface area contributed by atoms with Crippen LogP contribution in [-0.2, 0) is 9.59 Å². The number of hydrogen-bond acceptors (Lipinski definition) is 3. The van der Waals surface area contributed by atoms with Crippen LogP contribution in [0, 0.1) is 5.92 Å². The fourth-order valence-electron chi connectivity index (χ4n) is 2.13. The number of anilines is 2. The third-order valence-electron chi connectivity index (χ3n) is 3.39. The van der Waals surface area contributed by atoms with Crippen molar-refractivity contribution in [2.45, 2.75) is 19.8 Å². The predicted molar refractivity (Wildman–Crippen MR) is 85.4 cm³/mol. The number of thiophene rings is 1. The van der Waals surface area contributed by atoms with E-state index in [0.29, 0.717) is 11.4 Å². The van der Waals surface area contributed by atoms with E-state index in [4.69, 9.17) is 0 Å². The third kappa shape index (κ3) is 3.31. The summed E-state index contributed by atoms with van der Waals surface area (Å²) < 4.78 is 0. The lowest BCUT2D eigenvalue weighted by Gasteiger charge is -2.13. The van der Waals surface area contributed by atoms with Gasteiger partial charge in [0.15, 0.2) is 0 Å². The smallest absolute Gasteiger partial charge is 0.227 e. The van der Waals surface area contributed by atoms with Crippen molar-refractivity contribution < 1.29 is 9.59 Å². The largest absolute Gasteiger partial charge is 0.325 e. The molecule has 2 N–H and O–H groups in total. The molecule has 0 spiro atoms. The topological polar surface area (TPSA) is 58.2 Å². The number of benzene rings is 1. The van der Waals surface area contributed by atoms with Crippen LogP contribution < -0.4 is 10.6 Å². The van der Waals surface area contributed by atoms with Gasteiger partial charge in [0, 0.05) is 12.8 Å². The first kappa shape index (κ1) is 13.8. The minimum atomic E-state index is -0.153. The molecule has 1 aromatic carbocycles. The number of hydrogen-bond donors (Lipinski definition) is 2. The molecule has 1 fully saturated rings. The van der Waals surface area contributed by atoms with E-state index in [9.17, 15) is 9.59 Å². The molecule has 1 saturated carbocycles. The van der Waals surface area contributed by atoms with Gasteiger partial charge in [0.05, 0.1) is 11.4 Å². The summed E-state index contributed by atoms with van der Waals surface area (Å²) in [4.78, 5) is 23.3. The number of rotatable bonds is 4. The zero-order valence-corrected chi connectivity index (χ0v) is 12.5. The highest BCUT2D eigenvalue weighted by atomic mass is 32.1. The molecule has 0 atom stereocenters. The minimum Gasteiger partial charge on any atom is -0.325 e. The average Bonchev–Trinajstić information content (AvgIpc) is 3.16. The Bertz CT molecular complexity index is 676. The summed E-state index contributed by atoms with van der Waals surface area (Å²) in [7, 11) is 0. The monoisotopic (exact) mass is 300 g/mol. The summed E-state index contributed by atoms with van der Waals surface area (Å²) in [5.74, 6) is 0.00394. The SMILES string of the molecule is CC(=O)Nc1ccc(-c2ccsc2)cc1NC(=O)C1CC1. The first-order chi connectivity index (χ1) is 10.1. The molecule has 4 nitrogen and oxygen atoms in total. The molecule has 0 aliphatic heterocycles. The lowest BCUT2D eigenvalue weighted by atomic mass is 10.1. The number of carbonyl (C=O) groups excluding carboxylic acids is 2. The highest BCUT2D eigenvalue weighted by Gasteiger charge is 2.30. The maximum atomic E-state index is 12.0. The van der Waals surface area contributed by atoms with Crippen LogP contribution in [0.15, 0.2) is 35.0 Å². The van der Waals surface area contributed by atoms with Crippen LogP contribution >= 0.6 is 11.3 Å². The van der Waals surface area contributed by atoms with Gasteiger partial charge < -0.3 is 10.6 Å². The molecule has 0 saturated heterocycles. The standard InChI is InChI=1S/C16H16N2O2S/c1-10(19)17-14-5-4-12(13-6-7-21-9-13)8-15(14)18-16(20)11-2-3-11/h4-9,11H,2-3H2,1H3,(H,17,19)(H,18,20). The van der Waals surface area contributed by atoms with E-state index < -0.39 is 0 Å². The van der Waals surface area contributed by atoms with Crippen molar-refractivity contribution in [2.75, 3.05) is 10.6 Å². The first-order valence-electron chi connectivity index (χ1n) is 6.88. The molecule has 1 aliphatic carbocycles. The highest BCUT2D eigenvalue weighted by Crippen LogP contribution is 2.34. The molecule has 2 aromatic rings. The van der Waals surface area contributed by atoms with Crippen molar-refractivity contribution >= 4 is 34.5 Å². The number of nitrogens with one attached hydrogen (secondary N) is 2. The van der Waals surface area contributed by atoms with E-state index >= 15 is 0 Å². The first-order valence-corrected chi connectivity index (χ1v) is 7.83. The van der Waals surface area contributed by atoms with E-state index in [1.165, 1.54) is 6.92 Å². The Balaban J connectivity index is 1.92. The molecule has 2 amide bonds. The second-order valence-electron chi connectivity index (χ2n) is 5.22. The Morgan fingerprint density at radius 2 is 1.90 bits per heavy atom. The van der Waals surface area contributed by atoms with Crippen LogP contribution in [0.3, 0.4) is 0 Å². The van der Waals surface area contributed by atoms with Crippen molar-refractivity contribution in [1.82, 2.24) is 0 Å². The molecule has 21 heavy (non-hydrogen) atoms. The van der Waals surface area contributed by atoms with E-state index in [1.54, 1.807) is 11.3 Å². The zero-order valence-electron chi connectivity index (χ0n) is 11.7. The van der Waals surface area contributed by atoms with Gasteiger partial charge in [-0.2, -0.15) is 11.3 Å². The van der Waals surface area contributed by atoms with Gasteiger partial charge in [0.25, 0.3) is 0 Å². The van der Waals surface area contributed by atoms with Crippen LogP contribution in [0.2, 0.25) is 0 Å². The highest BCUT2D eigenvalue weighted by molar-refractivity contribution is 7.08. The van der Waals surface area contributed by atoms with Crippen LogP contribution in [0.5, 0.6) is 0 Å². The third-order valence-corrected chi connectivity index (χ3v) is 4.07. The van der Waals surface area contributed by atoms with Crippen LogP contribution in [0.1, 0.15) is 19.8 Å². The summed E-state index contributed by atoms with van der Waals surface area (Å²) in [5.41, 5.74) is 3.43. The Morgan fingerprint density at radius 1 is 1.10 bits per heavy atom. The molecule has 0 radical (unpaired) electrons. The van der Waals surface area contributed by atoms with Crippen molar-refractivity contribution in [2.24, 2.45) is 5.92 Å². The van der Waals surface area contributed by atoms with Crippen molar-refractivity contribution in [1.29, 1.82) is 0 Å². The molecule has 0 bridgehead atoms. The van der Waals surface area contributed by atoms with Crippen molar-refractivity contribution in [3.63, 3.8) is 0 Å². The Kier molecular flexibility index (Phi) is 3.75. The van der Waals surface area contributed by atoms with Gasteiger partial charge in [-0.05, 0) is 52.9 Å². The van der Waals surface area contributed by atoms with Gasteiger partial charge in [-0.15, -0.1) is 0 Å². The maximum Gasteiger partial charge on any atom is 0.227 e. The molecule has 1 aromatic heterocycles. The quantitative estimate of drug-likeness (QED) is 0.904. The molecule has 1 aliphatic rings. The molecular weight excluding hydrogens is 284 g/mol. The Morgan fingerprint density at radius 3 is 2.52 bits per heavy atom. The fraction of sp³-hybridized carbons (Fsp3) is 0.250. The summed E-state index contributed by atoms with van der Waals surface area (Å²) in [6.45, 7) is 1.46. The van der Waals surface area contributed by atoms with Crippen LogP contribution in [0.25, 0.3) is 11.1 Å². The molecule has 3 rings (SSSR count). The van der Waals surface area contributed by atoms with Gasteiger partial charge in [0.2, 0.25) is 11.8 Å². The van der Waals surface area contributed by atoms with Gasteiger partial charge >= 0.3 is 0 Å². The lowest BCUT2D eigenvalue weighted by molar-refractivity contribution is -0.117. The van der Waals surface area contributed by atoms with Gasteiger partial charge in [-0.1, -0.05) is 6.07 Å². The minimum absolute atomic E-state index is 0.0315.